The van der Waals surface area contributed by atoms with Gasteiger partial charge in [-0.05, 0) is 367 Å². The number of amides is 1. The number of hydrogen-bond donors (Lipinski definition) is 1. The summed E-state index contributed by atoms with van der Waals surface area (Å²) in [6.07, 6.45) is 41.9. The number of alkyl halides is 1. The van der Waals surface area contributed by atoms with Gasteiger partial charge in [0.05, 0.1) is 23.3 Å². The van der Waals surface area contributed by atoms with Crippen LogP contribution in [0.4, 0.5) is 4.39 Å². The van der Waals surface area contributed by atoms with Crippen molar-refractivity contribution in [2.24, 2.45) is 179 Å². The molecule has 13 nitrogen and oxygen atoms in total. The van der Waals surface area contributed by atoms with Crippen molar-refractivity contribution in [2.45, 2.75) is 497 Å². The second kappa shape index (κ2) is 51.6. The minimum absolute atomic E-state index is 0.0266. The van der Waals surface area contributed by atoms with Gasteiger partial charge in [0.25, 0.3) is 0 Å². The van der Waals surface area contributed by atoms with E-state index < -0.39 is 25.3 Å². The highest BCUT2D eigenvalue weighted by Gasteiger charge is 2.49. The number of sulfone groups is 2. The number of ketones is 6. The SMILES string of the molecule is CC(C)(C)C1CC(CC(=O)C2CC2)C1.CC(C)(C)C1CC(CC(=O)C2CCCN2)C1.CC(C)(C)C1CC(CS(=O)(=O)CC2CCC2)C1.CC1(F)CC(C(=O)CC2CC(C(C)(C)C)C2)C1.CC1CN(C(=O)CC2CC(C(C)(C)C)C2)C1.CCC(=O)CC1CC(C(C)(C)C)C1.CCCC(=O)CC1CC(C(C)(C)C)C1.CCCC(=O)CC1CC(C(C)(C)C)C1.CCCS(=O)(=O)CC1CC(C(C)(C)C)C1. The molecule has 792 valence electrons. The Bertz CT molecular complexity index is 3820. The zero-order valence-corrected chi connectivity index (χ0v) is 96.3. The van der Waals surface area contributed by atoms with Crippen molar-refractivity contribution < 1.29 is 54.8 Å². The zero-order chi connectivity index (χ0) is 103. The van der Waals surface area contributed by atoms with Crippen molar-refractivity contribution in [3.8, 4) is 0 Å². The number of halogens is 1. The first-order valence-corrected chi connectivity index (χ1v) is 60.1. The minimum Gasteiger partial charge on any atom is -0.342 e. The van der Waals surface area contributed by atoms with E-state index in [1.54, 1.807) is 6.92 Å². The number of Topliss-reactive ketones (excluding diaryl/α,β-unsaturated/α-hetero) is 6. The van der Waals surface area contributed by atoms with E-state index in [9.17, 15) is 54.8 Å². The predicted octanol–water partition coefficient (Wildman–Crippen LogP) is 30.5. The first-order chi connectivity index (χ1) is 62.3. The van der Waals surface area contributed by atoms with Crippen LogP contribution in [0.25, 0.3) is 0 Å². The number of likely N-dealkylation sites (tertiary alicyclic amines) is 1. The molecule has 0 radical (unpaired) electrons. The summed E-state index contributed by atoms with van der Waals surface area (Å²) in [5.74, 6) is 19.5. The topological polar surface area (TPSA) is 203 Å². The Morgan fingerprint density at radius 2 is 0.596 bits per heavy atom. The number of rotatable bonds is 30. The monoisotopic (exact) mass is 1950 g/mol. The zero-order valence-electron chi connectivity index (χ0n) is 94.6. The summed E-state index contributed by atoms with van der Waals surface area (Å²) in [5, 5.41) is 3.30. The normalized spacial score (nSPS) is 31.4. The minimum atomic E-state index is -2.77. The van der Waals surface area contributed by atoms with Gasteiger partial charge in [0.2, 0.25) is 5.91 Å². The molecule has 0 bridgehead atoms. The van der Waals surface area contributed by atoms with Crippen molar-refractivity contribution in [1.82, 2.24) is 10.2 Å². The summed E-state index contributed by atoms with van der Waals surface area (Å²) in [6, 6.07) is 0.189. The highest BCUT2D eigenvalue weighted by atomic mass is 32.2. The molecule has 136 heavy (non-hydrogen) atoms. The van der Waals surface area contributed by atoms with E-state index in [1.165, 1.54) is 116 Å². The Morgan fingerprint density at radius 3 is 0.846 bits per heavy atom. The van der Waals surface area contributed by atoms with Gasteiger partial charge in [-0.15, -0.1) is 0 Å². The molecule has 2 heterocycles. The molecular formula is C120H217FN2O11S2. The van der Waals surface area contributed by atoms with Gasteiger partial charge in [-0.1, -0.05) is 228 Å². The van der Waals surface area contributed by atoms with E-state index in [4.69, 9.17) is 0 Å². The quantitative estimate of drug-likeness (QED) is 0.0714. The fraction of sp³-hybridized carbons (Fsp3) is 0.942. The molecular weight excluding hydrogens is 1730 g/mol. The smallest absolute Gasteiger partial charge is 0.222 e. The molecule has 12 aliphatic carbocycles. The molecule has 14 aliphatic rings. The van der Waals surface area contributed by atoms with Crippen molar-refractivity contribution >= 4 is 60.3 Å². The van der Waals surface area contributed by atoms with Crippen LogP contribution in [0.3, 0.4) is 0 Å². The molecule has 1 atom stereocenters. The highest BCUT2D eigenvalue weighted by molar-refractivity contribution is 7.91. The molecule has 2 aliphatic heterocycles. The van der Waals surface area contributed by atoms with Crippen LogP contribution in [0.15, 0.2) is 0 Å². The summed E-state index contributed by atoms with van der Waals surface area (Å²) in [7, 11) is -5.53. The lowest BCUT2D eigenvalue weighted by Gasteiger charge is -2.45. The third-order valence-corrected chi connectivity index (χ3v) is 40.0. The molecule has 14 rings (SSSR count). The van der Waals surface area contributed by atoms with Crippen LogP contribution >= 0.6 is 0 Å². The van der Waals surface area contributed by atoms with Gasteiger partial charge in [-0.25, -0.2) is 21.2 Å². The standard InChI is InChI=1S/C15H25FO.2C14H25NO.C14H26O2S.C13H22O.2C13H24O.C12H24O2S.C12H22O/c1-14(2,3)12-5-10(6-12)7-13(17)11-8-15(4,16)9-11;1-10-8-15(9-10)13(16)7-11-5-12(6-11)14(2,3)4;1-14(2,3)11-7-10(8-11)9-13(16)12-5-4-6-15-12;1-14(2,3)13-7-12(8-13)10-17(15,16)9-11-5-4-6-11;1-13(2,3)11-6-9(7-11)8-12(14)10-4-5-10;2*1-5-6-12(14)9-10-7-11(8-10)13(2,3)4;1-5-6-15(13,14)9-10-7-11(8-10)12(2,3)4;1-5-11(13)8-9-6-10(7-9)12(2,3)4/h10-12H,5-9H2,1-4H3;10-12H,5-9H2,1-4H3;10-12,15H,4-9H2,1-3H3;11-13H,4-10H2,1-3H3;9-11H,4-8H2,1-3H3;2*10-11H,5-9H2,1-4H3;10-11H,5-9H2,1-4H3;9-10H,5-8H2,1-4H3. The van der Waals surface area contributed by atoms with E-state index in [0.717, 1.165) is 207 Å². The van der Waals surface area contributed by atoms with Crippen molar-refractivity contribution in [2.75, 3.05) is 42.6 Å². The Hall–Kier alpha value is -2.72. The van der Waals surface area contributed by atoms with Gasteiger partial charge >= 0.3 is 0 Å². The van der Waals surface area contributed by atoms with Gasteiger partial charge in [0, 0.05) is 94.9 Å². The molecule has 16 heteroatoms. The molecule has 12 saturated carbocycles. The molecule has 1 amide bonds. The van der Waals surface area contributed by atoms with Crippen LogP contribution in [0, 0.1) is 179 Å². The molecule has 0 aromatic heterocycles. The average molecular weight is 1950 g/mol. The van der Waals surface area contributed by atoms with Crippen LogP contribution in [-0.2, 0) is 53.2 Å². The van der Waals surface area contributed by atoms with Crippen LogP contribution in [-0.4, -0.2) is 117 Å². The first kappa shape index (κ1) is 122. The molecule has 0 aromatic carbocycles. The maximum absolute atomic E-state index is 13.3. The van der Waals surface area contributed by atoms with Gasteiger partial charge in [-0.3, -0.25) is 33.6 Å². The Balaban J connectivity index is 0.000000235. The first-order valence-electron chi connectivity index (χ1n) is 56.5. The summed E-state index contributed by atoms with van der Waals surface area (Å²) < 4.78 is 60.5. The summed E-state index contributed by atoms with van der Waals surface area (Å²) in [6.45, 7) is 76.8. The van der Waals surface area contributed by atoms with Crippen LogP contribution in [0.5, 0.6) is 0 Å². The molecule has 0 aromatic rings. The van der Waals surface area contributed by atoms with Crippen LogP contribution in [0.1, 0.15) is 485 Å². The van der Waals surface area contributed by atoms with E-state index in [2.05, 4.69) is 213 Å². The lowest BCUT2D eigenvalue weighted by molar-refractivity contribution is -0.139. The largest absolute Gasteiger partial charge is 0.342 e. The van der Waals surface area contributed by atoms with Crippen molar-refractivity contribution in [3.05, 3.63) is 0 Å². The van der Waals surface area contributed by atoms with Gasteiger partial charge < -0.3 is 10.2 Å². The Morgan fingerprint density at radius 1 is 0.324 bits per heavy atom. The van der Waals surface area contributed by atoms with Gasteiger partial charge in [0.15, 0.2) is 19.7 Å². The second-order valence-electron chi connectivity index (χ2n) is 58.2. The van der Waals surface area contributed by atoms with E-state index in [-0.39, 0.29) is 12.0 Å². The average Bonchev–Trinajstić information content (AvgIpc) is 1.00. The predicted molar refractivity (Wildman–Crippen MR) is 570 cm³/mol. The fourth-order valence-corrected chi connectivity index (χ4v) is 27.6. The van der Waals surface area contributed by atoms with Crippen LogP contribution in [0.2, 0.25) is 0 Å². The number of nitrogens with one attached hydrogen (secondary N) is 1. The third kappa shape index (κ3) is 42.8. The van der Waals surface area contributed by atoms with Crippen LogP contribution < -0.4 is 5.32 Å². The van der Waals surface area contributed by atoms with E-state index in [1.807, 2.05) is 18.7 Å². The number of carbonyl (C=O) groups excluding carboxylic acids is 7. The summed E-state index contributed by atoms with van der Waals surface area (Å²) in [5.41, 5.74) is 2.70. The van der Waals surface area contributed by atoms with E-state index >= 15 is 0 Å². The lowest BCUT2D eigenvalue weighted by Crippen LogP contribution is -2.49. The van der Waals surface area contributed by atoms with Crippen molar-refractivity contribution in [3.63, 3.8) is 0 Å². The maximum Gasteiger partial charge on any atom is 0.222 e. The lowest BCUT2D eigenvalue weighted by atomic mass is 9.60. The van der Waals surface area contributed by atoms with Crippen molar-refractivity contribution in [1.29, 1.82) is 0 Å². The number of carbonyl (C=O) groups is 7. The molecule has 1 unspecified atom stereocenters. The maximum atomic E-state index is 13.3. The second-order valence-corrected chi connectivity index (χ2v) is 62.6. The van der Waals surface area contributed by atoms with E-state index in [0.29, 0.717) is 191 Å². The number of hydrogen-bond acceptors (Lipinski definition) is 12. The Kier molecular flexibility index (Phi) is 46.2. The van der Waals surface area contributed by atoms with Gasteiger partial charge in [0.1, 0.15) is 40.4 Å². The molecule has 2 saturated heterocycles. The molecule has 14 fully saturated rings. The highest BCUT2D eigenvalue weighted by Crippen LogP contribution is 2.55. The number of nitrogens with zero attached hydrogens (tertiary/aromatic N) is 1. The van der Waals surface area contributed by atoms with Gasteiger partial charge in [-0.2, -0.15) is 0 Å². The molecule has 1 N–H and O–H groups in total. The summed E-state index contributed by atoms with van der Waals surface area (Å²) in [4.78, 5) is 83.3. The Labute approximate surface area is 838 Å². The molecule has 0 spiro atoms. The third-order valence-electron chi connectivity index (χ3n) is 36.0. The fourth-order valence-electron chi connectivity index (χ4n) is 23.7. The summed E-state index contributed by atoms with van der Waals surface area (Å²) >= 11 is 0.